The third-order valence-corrected chi connectivity index (χ3v) is 4.53. The van der Waals surface area contributed by atoms with Crippen LogP contribution in [-0.2, 0) is 40.0 Å². The largest absolute Gasteiger partial charge is 2.00 e. The number of guanidine groups is 2. The van der Waals surface area contributed by atoms with Gasteiger partial charge in [-0.1, -0.05) is 0 Å². The number of aromatic nitrogens is 2. The number of nitrogens with one attached hydrogen (secondary N) is 2. The molecule has 244 valence electrons. The fourth-order valence-electron chi connectivity index (χ4n) is 2.50. The van der Waals surface area contributed by atoms with Crippen LogP contribution in [0, 0.1) is 0 Å². The number of amides is 2. The van der Waals surface area contributed by atoms with Crippen molar-refractivity contribution in [3.8, 4) is 0 Å². The Hall–Kier alpha value is -5.48. The van der Waals surface area contributed by atoms with Crippen LogP contribution in [0.5, 0.6) is 0 Å². The monoisotopic (exact) mass is 696 g/mol. The van der Waals surface area contributed by atoms with E-state index in [9.17, 15) is 49.2 Å². The van der Waals surface area contributed by atoms with Gasteiger partial charge in [-0.2, -0.15) is 0 Å². The number of carbonyl (C=O) groups is 6. The van der Waals surface area contributed by atoms with Crippen LogP contribution in [0.3, 0.4) is 0 Å². The van der Waals surface area contributed by atoms with Crippen LogP contribution in [0.1, 0.15) is 41.7 Å². The molecule has 2 aliphatic rings. The van der Waals surface area contributed by atoms with E-state index in [4.69, 9.17) is 11.5 Å². The van der Waals surface area contributed by atoms with Gasteiger partial charge in [0.2, 0.25) is 0 Å². The van der Waals surface area contributed by atoms with Gasteiger partial charge in [-0.25, -0.2) is 10.6 Å². The predicted octanol–water partition coefficient (Wildman–Crippen LogP) is -11.7. The average molecular weight is 698 g/mol. The van der Waals surface area contributed by atoms with Gasteiger partial charge in [-0.05, 0) is 24.3 Å². The van der Waals surface area contributed by atoms with Crippen LogP contribution in [0.15, 0.2) is 36.7 Å². The number of carboxylic acids is 4. The zero-order valence-corrected chi connectivity index (χ0v) is 26.7. The molecule has 0 radical (unpaired) electrons. The number of carbonyl (C=O) groups excluding carboxylic acids is 6. The minimum atomic E-state index is -1.52. The molecule has 0 spiro atoms. The summed E-state index contributed by atoms with van der Waals surface area (Å²) in [5.41, 5.74) is 9.25. The van der Waals surface area contributed by atoms with E-state index < -0.39 is 35.3 Å². The Balaban J connectivity index is -0.000000155. The first-order valence-electron chi connectivity index (χ1n) is 10.7. The van der Waals surface area contributed by atoms with Gasteiger partial charge in [0.15, 0.2) is 13.1 Å². The molecule has 16 N–H and O–H groups in total. The number of rotatable bonds is 4. The third kappa shape index (κ3) is 17.3. The number of hydrogen-bond acceptors (Lipinski definition) is 14. The zero-order chi connectivity index (χ0) is 30.6. The number of nitrogens with two attached hydrogens (primary N) is 2. The van der Waals surface area contributed by atoms with Gasteiger partial charge in [-0.3, -0.25) is 40.2 Å². The molecular formula is C22H32N8O14Zn+2. The minimum absolute atomic E-state index is 0. The molecule has 2 aromatic rings. The quantitative estimate of drug-likeness (QED) is 0.131. The van der Waals surface area contributed by atoms with Gasteiger partial charge in [0.1, 0.15) is 0 Å². The van der Waals surface area contributed by atoms with Crippen molar-refractivity contribution in [3.05, 3.63) is 59.2 Å². The second kappa shape index (κ2) is 23.0. The fourth-order valence-corrected chi connectivity index (χ4v) is 2.50. The summed E-state index contributed by atoms with van der Waals surface area (Å²) in [5, 5.41) is 45.7. The van der Waals surface area contributed by atoms with Crippen molar-refractivity contribution >= 4 is 47.6 Å². The molecule has 0 aromatic carbocycles. The Morgan fingerprint density at radius 3 is 1.13 bits per heavy atom. The molecule has 45 heavy (non-hydrogen) atoms. The number of carboxylic acid groups (broad SMARTS) is 4. The summed E-state index contributed by atoms with van der Waals surface area (Å²) in [5.74, 6) is -5.11. The molecule has 0 bridgehead atoms. The second-order valence-corrected chi connectivity index (χ2v) is 7.59. The molecule has 0 atom stereocenters. The molecule has 0 aliphatic carbocycles. The summed E-state index contributed by atoms with van der Waals surface area (Å²) in [4.78, 5) is 68.4. The number of pyridine rings is 2. The molecule has 0 fully saturated rings. The summed E-state index contributed by atoms with van der Waals surface area (Å²) in [7, 11) is 3.51. The Labute approximate surface area is 265 Å². The molecule has 2 aromatic heterocycles. The molecule has 0 unspecified atom stereocenters. The maximum Gasteiger partial charge on any atom is 2.00 e. The molecule has 23 heteroatoms. The molecule has 22 nitrogen and oxygen atoms in total. The molecule has 0 saturated heterocycles. The Bertz CT molecular complexity index is 1220. The van der Waals surface area contributed by atoms with Crippen molar-refractivity contribution in [3.63, 3.8) is 0 Å². The summed E-state index contributed by atoms with van der Waals surface area (Å²) < 4.78 is 3.31. The molecule has 4 heterocycles. The van der Waals surface area contributed by atoms with Crippen molar-refractivity contribution < 1.29 is 99.7 Å². The van der Waals surface area contributed by atoms with E-state index in [0.717, 1.165) is 36.7 Å². The van der Waals surface area contributed by atoms with Gasteiger partial charge in [0.25, 0.3) is 0 Å². The van der Waals surface area contributed by atoms with E-state index in [2.05, 4.69) is 20.6 Å². The van der Waals surface area contributed by atoms with Crippen LogP contribution in [0.25, 0.3) is 0 Å². The Morgan fingerprint density at radius 1 is 0.689 bits per heavy atom. The smallest absolute Gasteiger partial charge is 0.545 e. The van der Waals surface area contributed by atoms with Gasteiger partial charge < -0.3 is 61.5 Å². The topological polar surface area (TPSA) is 432 Å². The maximum absolute atomic E-state index is 10.4. The summed E-state index contributed by atoms with van der Waals surface area (Å²) in [6.45, 7) is 0.762. The third-order valence-electron chi connectivity index (χ3n) is 4.53. The molecule has 4 rings (SSSR count). The van der Waals surface area contributed by atoms with Crippen molar-refractivity contribution in [2.24, 2.45) is 11.5 Å². The van der Waals surface area contributed by atoms with Gasteiger partial charge in [0.05, 0.1) is 49.4 Å². The fraction of sp³-hybridized carbons (Fsp3) is 0.182. The molecule has 2 amide bonds. The Morgan fingerprint density at radius 2 is 0.978 bits per heavy atom. The van der Waals surface area contributed by atoms with E-state index >= 15 is 0 Å². The van der Waals surface area contributed by atoms with Crippen LogP contribution < -0.4 is 42.5 Å². The maximum atomic E-state index is 10.4. The van der Waals surface area contributed by atoms with Crippen molar-refractivity contribution in [1.82, 2.24) is 20.6 Å². The van der Waals surface area contributed by atoms with Crippen LogP contribution in [0.4, 0.5) is 0 Å². The molecular weight excluding hydrogens is 666 g/mol. The molecule has 2 aliphatic heterocycles. The number of nitrogens with zero attached hydrogens (tertiary/aromatic N) is 4. The average Bonchev–Trinajstić information content (AvgIpc) is 3.35. The number of aromatic carboxylic acids is 4. The first kappa shape index (κ1) is 49.2. The molecule has 0 saturated carbocycles. The van der Waals surface area contributed by atoms with E-state index in [1.54, 1.807) is 23.2 Å². The summed E-state index contributed by atoms with van der Waals surface area (Å²) in [6, 6.07) is 4.04. The van der Waals surface area contributed by atoms with Crippen LogP contribution in [-0.4, -0.2) is 105 Å². The summed E-state index contributed by atoms with van der Waals surface area (Å²) in [6.07, 6.45) is 2.13. The number of likely N-dealkylation sites (N-methyl/N-ethyl adjacent to an activating group) is 2. The van der Waals surface area contributed by atoms with Gasteiger partial charge >= 0.3 is 43.2 Å². The van der Waals surface area contributed by atoms with Crippen molar-refractivity contribution in [2.45, 2.75) is 0 Å². The standard InChI is InChI=1S/2C7H5NO4.2C4H7N3O.4H2O.Zn/c2*9-6(10)4-1-2-8-5(3-4)7(11)12;2*1-7-2-3(8)6-4(7)5;;;;;/h2*1-3H,(H,9,10)(H,11,12);2*2H2,1H3,(H2,5,6,8);4*1H2;/q;;;;;;;;+2. The van der Waals surface area contributed by atoms with Crippen molar-refractivity contribution in [2.75, 3.05) is 27.2 Å². The zero-order valence-electron chi connectivity index (χ0n) is 23.8. The SMILES string of the molecule is C[N+]1=C(N)NC(=O)C1.C[N+]1=C(N)NC(=O)C1.O.O.O=C([O-])c1ccnc(C(=O)[O-])c1.O=C([O-])c1ccnc(C(=O)[O-])c1.[OH3+].[OH3+].[Zn+2]. The van der Waals surface area contributed by atoms with Crippen LogP contribution >= 0.6 is 0 Å². The summed E-state index contributed by atoms with van der Waals surface area (Å²) >= 11 is 0. The minimum Gasteiger partial charge on any atom is -0.545 e. The van der Waals surface area contributed by atoms with Gasteiger partial charge in [0, 0.05) is 23.5 Å². The second-order valence-electron chi connectivity index (χ2n) is 7.59. The first-order valence-corrected chi connectivity index (χ1v) is 10.7. The van der Waals surface area contributed by atoms with E-state index in [0.29, 0.717) is 25.0 Å². The van der Waals surface area contributed by atoms with Crippen molar-refractivity contribution in [1.29, 1.82) is 0 Å². The Kier molecular flexibility index (Phi) is 25.2. The van der Waals surface area contributed by atoms with E-state index in [-0.39, 0.29) is 64.3 Å². The van der Waals surface area contributed by atoms with Gasteiger partial charge in [-0.15, -0.1) is 0 Å². The first-order chi connectivity index (χ1) is 18.6. The van der Waals surface area contributed by atoms with E-state index in [1.807, 2.05) is 0 Å². The predicted molar refractivity (Wildman–Crippen MR) is 140 cm³/mol. The number of hydrogen-bond donors (Lipinski definition) is 4. The normalized spacial score (nSPS) is 11.9. The van der Waals surface area contributed by atoms with E-state index in [1.165, 1.54) is 0 Å². The van der Waals surface area contributed by atoms with Crippen LogP contribution in [0.2, 0.25) is 0 Å².